The minimum absolute atomic E-state index is 0.00421. The lowest BCUT2D eigenvalue weighted by Crippen LogP contribution is -2.50. The van der Waals surface area contributed by atoms with Crippen molar-refractivity contribution >= 4 is 6.09 Å². The summed E-state index contributed by atoms with van der Waals surface area (Å²) in [7, 11) is 0. The van der Waals surface area contributed by atoms with Gasteiger partial charge in [-0.2, -0.15) is 0 Å². The molecule has 132 valence electrons. The fraction of sp³-hybridized carbons (Fsp3) is 0.650. The molecule has 1 aliphatic carbocycles. The fourth-order valence-corrected chi connectivity index (χ4v) is 3.55. The van der Waals surface area contributed by atoms with E-state index < -0.39 is 5.60 Å². The Bertz CT molecular complexity index is 575. The first kappa shape index (κ1) is 17.3. The van der Waals surface area contributed by atoms with Gasteiger partial charge in [0.05, 0.1) is 0 Å². The first-order valence-corrected chi connectivity index (χ1v) is 9.05. The highest BCUT2D eigenvalue weighted by Crippen LogP contribution is 2.44. The summed E-state index contributed by atoms with van der Waals surface area (Å²) < 4.78 is 5.70. The Kier molecular flexibility index (Phi) is 4.60. The number of benzene rings is 1. The number of hydrogen-bond donors (Lipinski definition) is 0. The summed E-state index contributed by atoms with van der Waals surface area (Å²) in [4.78, 5) is 17.3. The molecule has 1 atom stereocenters. The monoisotopic (exact) mass is 330 g/mol. The predicted octanol–water partition coefficient (Wildman–Crippen LogP) is 4.05. The second kappa shape index (κ2) is 6.40. The maximum absolute atomic E-state index is 12.8. The SMILES string of the molecule is CC(C)(C)OC(=O)N(C1CCN(Cc2ccccc2)C1)C1(C)CC1. The molecule has 4 nitrogen and oxygen atoms in total. The average Bonchev–Trinajstić information content (AvgIpc) is 3.05. The van der Waals surface area contributed by atoms with Gasteiger partial charge >= 0.3 is 6.09 Å². The van der Waals surface area contributed by atoms with Crippen molar-refractivity contribution in [1.29, 1.82) is 0 Å². The molecule has 2 aliphatic rings. The first-order chi connectivity index (χ1) is 11.3. The van der Waals surface area contributed by atoms with E-state index in [1.165, 1.54) is 5.56 Å². The van der Waals surface area contributed by atoms with Crippen LogP contribution < -0.4 is 0 Å². The van der Waals surface area contributed by atoms with Crippen LogP contribution in [-0.4, -0.2) is 46.2 Å². The Morgan fingerprint density at radius 1 is 1.29 bits per heavy atom. The van der Waals surface area contributed by atoms with Crippen LogP contribution in [0.5, 0.6) is 0 Å². The summed E-state index contributed by atoms with van der Waals surface area (Å²) in [5, 5.41) is 0. The summed E-state index contributed by atoms with van der Waals surface area (Å²) >= 11 is 0. The summed E-state index contributed by atoms with van der Waals surface area (Å²) in [6, 6.07) is 10.8. The molecule has 0 bridgehead atoms. The second-order valence-electron chi connectivity index (χ2n) is 8.51. The molecular weight excluding hydrogens is 300 g/mol. The van der Waals surface area contributed by atoms with Crippen molar-refractivity contribution in [2.45, 2.75) is 70.7 Å². The lowest BCUT2D eigenvalue weighted by molar-refractivity contribution is 0.00401. The number of likely N-dealkylation sites (tertiary alicyclic amines) is 1. The Labute approximate surface area is 145 Å². The van der Waals surface area contributed by atoms with Crippen LogP contribution >= 0.6 is 0 Å². The Morgan fingerprint density at radius 3 is 2.54 bits per heavy atom. The molecule has 0 radical (unpaired) electrons. The van der Waals surface area contributed by atoms with E-state index in [1.54, 1.807) is 0 Å². The molecule has 1 aliphatic heterocycles. The topological polar surface area (TPSA) is 32.8 Å². The maximum atomic E-state index is 12.8. The van der Waals surface area contributed by atoms with Crippen LogP contribution in [0.15, 0.2) is 30.3 Å². The molecule has 1 unspecified atom stereocenters. The van der Waals surface area contributed by atoms with Gasteiger partial charge in [-0.1, -0.05) is 30.3 Å². The van der Waals surface area contributed by atoms with E-state index in [4.69, 9.17) is 4.74 Å². The third-order valence-electron chi connectivity index (χ3n) is 5.01. The highest BCUT2D eigenvalue weighted by molar-refractivity contribution is 5.70. The predicted molar refractivity (Wildman–Crippen MR) is 95.8 cm³/mol. The molecule has 1 aromatic rings. The van der Waals surface area contributed by atoms with E-state index in [1.807, 2.05) is 25.7 Å². The molecule has 1 heterocycles. The zero-order valence-corrected chi connectivity index (χ0v) is 15.4. The maximum Gasteiger partial charge on any atom is 0.411 e. The molecule has 4 heteroatoms. The van der Waals surface area contributed by atoms with Crippen LogP contribution in [0.25, 0.3) is 0 Å². The number of carbonyl (C=O) groups excluding carboxylic acids is 1. The molecular formula is C20H30N2O2. The second-order valence-corrected chi connectivity index (χ2v) is 8.51. The van der Waals surface area contributed by atoms with Crippen molar-refractivity contribution in [1.82, 2.24) is 9.80 Å². The van der Waals surface area contributed by atoms with Crippen molar-refractivity contribution in [3.8, 4) is 0 Å². The Morgan fingerprint density at radius 2 is 1.96 bits per heavy atom. The summed E-state index contributed by atoms with van der Waals surface area (Å²) in [5.74, 6) is 0. The van der Waals surface area contributed by atoms with Crippen molar-refractivity contribution in [2.24, 2.45) is 0 Å². The van der Waals surface area contributed by atoms with Gasteiger partial charge in [0.15, 0.2) is 0 Å². The minimum Gasteiger partial charge on any atom is -0.444 e. The van der Waals surface area contributed by atoms with Crippen molar-refractivity contribution in [2.75, 3.05) is 13.1 Å². The van der Waals surface area contributed by atoms with Gasteiger partial charge in [-0.15, -0.1) is 0 Å². The number of hydrogen-bond acceptors (Lipinski definition) is 3. The summed E-state index contributed by atoms with van der Waals surface area (Å²) in [6.45, 7) is 10.9. The fourth-order valence-electron chi connectivity index (χ4n) is 3.55. The lowest BCUT2D eigenvalue weighted by atomic mass is 10.1. The van der Waals surface area contributed by atoms with Crippen LogP contribution in [0.2, 0.25) is 0 Å². The third-order valence-corrected chi connectivity index (χ3v) is 5.01. The minimum atomic E-state index is -0.442. The van der Waals surface area contributed by atoms with E-state index in [9.17, 15) is 4.79 Å². The third kappa shape index (κ3) is 4.10. The number of nitrogens with zero attached hydrogens (tertiary/aromatic N) is 2. The van der Waals surface area contributed by atoms with E-state index in [0.717, 1.165) is 38.9 Å². The average molecular weight is 330 g/mol. The summed E-state index contributed by atoms with van der Waals surface area (Å²) in [5.41, 5.74) is 0.887. The molecule has 0 N–H and O–H groups in total. The smallest absolute Gasteiger partial charge is 0.411 e. The Hall–Kier alpha value is -1.55. The van der Waals surface area contributed by atoms with Crippen molar-refractivity contribution in [3.63, 3.8) is 0 Å². The van der Waals surface area contributed by atoms with Crippen LogP contribution in [0.1, 0.15) is 52.5 Å². The molecule has 1 saturated heterocycles. The number of rotatable bonds is 4. The van der Waals surface area contributed by atoms with E-state index in [-0.39, 0.29) is 17.7 Å². The van der Waals surface area contributed by atoms with Gasteiger partial charge in [0, 0.05) is 31.2 Å². The van der Waals surface area contributed by atoms with Gasteiger partial charge in [-0.3, -0.25) is 9.80 Å². The molecule has 0 aromatic heterocycles. The van der Waals surface area contributed by atoms with Crippen molar-refractivity contribution < 1.29 is 9.53 Å². The largest absolute Gasteiger partial charge is 0.444 e. The van der Waals surface area contributed by atoms with E-state index in [2.05, 4.69) is 42.2 Å². The van der Waals surface area contributed by atoms with Gasteiger partial charge in [-0.05, 0) is 52.5 Å². The van der Waals surface area contributed by atoms with Gasteiger partial charge in [0.25, 0.3) is 0 Å². The van der Waals surface area contributed by atoms with Gasteiger partial charge in [-0.25, -0.2) is 4.79 Å². The molecule has 2 fully saturated rings. The van der Waals surface area contributed by atoms with Crippen LogP contribution in [0.4, 0.5) is 4.79 Å². The van der Waals surface area contributed by atoms with Gasteiger partial charge in [0.2, 0.25) is 0 Å². The van der Waals surface area contributed by atoms with Gasteiger partial charge in [0.1, 0.15) is 5.60 Å². The highest BCUT2D eigenvalue weighted by Gasteiger charge is 2.51. The molecule has 1 amide bonds. The zero-order chi connectivity index (χ0) is 17.4. The quantitative estimate of drug-likeness (QED) is 0.835. The lowest BCUT2D eigenvalue weighted by Gasteiger charge is -2.36. The molecule has 0 spiro atoms. The van der Waals surface area contributed by atoms with E-state index >= 15 is 0 Å². The van der Waals surface area contributed by atoms with Crippen molar-refractivity contribution in [3.05, 3.63) is 35.9 Å². The highest BCUT2D eigenvalue weighted by atomic mass is 16.6. The van der Waals surface area contributed by atoms with Crippen LogP contribution in [0.3, 0.4) is 0 Å². The van der Waals surface area contributed by atoms with Crippen LogP contribution in [-0.2, 0) is 11.3 Å². The number of amides is 1. The number of ether oxygens (including phenoxy) is 1. The molecule has 1 aromatic carbocycles. The zero-order valence-electron chi connectivity index (χ0n) is 15.4. The molecule has 24 heavy (non-hydrogen) atoms. The first-order valence-electron chi connectivity index (χ1n) is 9.05. The molecule has 1 saturated carbocycles. The van der Waals surface area contributed by atoms with Gasteiger partial charge < -0.3 is 4.74 Å². The standard InChI is InChI=1S/C20H30N2O2/c1-19(2,3)24-18(23)22(20(4)11-12-20)17-10-13-21(15-17)14-16-8-6-5-7-9-16/h5-9,17H,10-15H2,1-4H3. The molecule has 3 rings (SSSR count). The summed E-state index contributed by atoms with van der Waals surface area (Å²) in [6.07, 6.45) is 3.05. The van der Waals surface area contributed by atoms with Crippen LogP contribution in [0, 0.1) is 0 Å². The Balaban J connectivity index is 1.65. The van der Waals surface area contributed by atoms with E-state index in [0.29, 0.717) is 0 Å². The number of carbonyl (C=O) groups is 1. The normalized spacial score (nSPS) is 23.1.